The van der Waals surface area contributed by atoms with Gasteiger partial charge in [-0.25, -0.2) is 0 Å². The van der Waals surface area contributed by atoms with E-state index >= 15 is 0 Å². The predicted molar refractivity (Wildman–Crippen MR) is 80.2 cm³/mol. The van der Waals surface area contributed by atoms with E-state index in [0.717, 1.165) is 39.3 Å². The van der Waals surface area contributed by atoms with E-state index in [0.29, 0.717) is 5.41 Å². The number of nitrogens with zero attached hydrogens (tertiary/aromatic N) is 1. The predicted octanol–water partition coefficient (Wildman–Crippen LogP) is 2.76. The van der Waals surface area contributed by atoms with E-state index in [4.69, 9.17) is 4.74 Å². The minimum Gasteiger partial charge on any atom is -0.383 e. The minimum atomic E-state index is 0.383. The molecule has 0 fully saturated rings. The highest BCUT2D eigenvalue weighted by Crippen LogP contribution is 2.23. The number of nitrogens with one attached hydrogen (secondary N) is 1. The number of hydrogen-bond donors (Lipinski definition) is 1. The third-order valence-electron chi connectivity index (χ3n) is 3.50. The average molecular weight is 258 g/mol. The molecule has 0 aliphatic heterocycles. The maximum Gasteiger partial charge on any atom is 0.0589 e. The fourth-order valence-corrected chi connectivity index (χ4v) is 2.50. The van der Waals surface area contributed by atoms with Crippen LogP contribution in [0.1, 0.15) is 47.0 Å². The molecule has 0 rings (SSSR count). The van der Waals surface area contributed by atoms with Crippen molar-refractivity contribution in [3.63, 3.8) is 0 Å². The average Bonchev–Trinajstić information content (AvgIpc) is 2.35. The first-order chi connectivity index (χ1) is 8.61. The van der Waals surface area contributed by atoms with Gasteiger partial charge in [-0.2, -0.15) is 0 Å². The third kappa shape index (κ3) is 8.06. The quantitative estimate of drug-likeness (QED) is 0.545. The Bertz CT molecular complexity index is 187. The van der Waals surface area contributed by atoms with Gasteiger partial charge in [0.15, 0.2) is 0 Å². The molecule has 3 nitrogen and oxygen atoms in total. The minimum absolute atomic E-state index is 0.383. The molecule has 0 aromatic carbocycles. The summed E-state index contributed by atoms with van der Waals surface area (Å²) in [6, 6.07) is 0. The van der Waals surface area contributed by atoms with Crippen LogP contribution < -0.4 is 5.32 Å². The number of likely N-dealkylation sites (N-methyl/N-ethyl adjacent to an activating group) is 1. The number of rotatable bonds is 12. The van der Waals surface area contributed by atoms with Crippen LogP contribution in [-0.2, 0) is 4.74 Å². The number of hydrogen-bond acceptors (Lipinski definition) is 3. The first kappa shape index (κ1) is 17.9. The van der Waals surface area contributed by atoms with Gasteiger partial charge >= 0.3 is 0 Å². The largest absolute Gasteiger partial charge is 0.383 e. The van der Waals surface area contributed by atoms with Gasteiger partial charge in [0.1, 0.15) is 0 Å². The Hall–Kier alpha value is -0.120. The Morgan fingerprint density at radius 3 is 2.39 bits per heavy atom. The van der Waals surface area contributed by atoms with Crippen LogP contribution in [0.15, 0.2) is 0 Å². The Morgan fingerprint density at radius 2 is 1.89 bits per heavy atom. The molecule has 3 heteroatoms. The fraction of sp³-hybridized carbons (Fsp3) is 1.00. The summed E-state index contributed by atoms with van der Waals surface area (Å²) < 4.78 is 5.19. The Labute approximate surface area is 114 Å². The van der Waals surface area contributed by atoms with Crippen molar-refractivity contribution < 1.29 is 4.74 Å². The van der Waals surface area contributed by atoms with Crippen molar-refractivity contribution in [2.24, 2.45) is 5.41 Å². The molecule has 0 saturated heterocycles. The normalized spacial score (nSPS) is 15.0. The third-order valence-corrected chi connectivity index (χ3v) is 3.50. The van der Waals surface area contributed by atoms with Crippen molar-refractivity contribution in [1.82, 2.24) is 10.2 Å². The van der Waals surface area contributed by atoms with Crippen LogP contribution in [-0.4, -0.2) is 51.3 Å². The zero-order valence-electron chi connectivity index (χ0n) is 13.2. The molecular formula is C15H34N2O. The van der Waals surface area contributed by atoms with Gasteiger partial charge < -0.3 is 15.0 Å². The molecule has 0 aromatic rings. The molecule has 0 heterocycles. The first-order valence-corrected chi connectivity index (χ1v) is 7.53. The first-order valence-electron chi connectivity index (χ1n) is 7.53. The van der Waals surface area contributed by atoms with E-state index in [1.165, 1.54) is 19.3 Å². The van der Waals surface area contributed by atoms with Gasteiger partial charge in [0.2, 0.25) is 0 Å². The van der Waals surface area contributed by atoms with E-state index < -0.39 is 0 Å². The lowest BCUT2D eigenvalue weighted by molar-refractivity contribution is 0.110. The summed E-state index contributed by atoms with van der Waals surface area (Å²) in [5.74, 6) is 0. The molecular weight excluding hydrogens is 224 g/mol. The lowest BCUT2D eigenvalue weighted by atomic mass is 9.84. The van der Waals surface area contributed by atoms with Crippen molar-refractivity contribution in [2.45, 2.75) is 47.0 Å². The zero-order chi connectivity index (χ0) is 13.9. The summed E-state index contributed by atoms with van der Waals surface area (Å²) in [6.07, 6.45) is 3.75. The summed E-state index contributed by atoms with van der Waals surface area (Å²) >= 11 is 0. The molecule has 1 unspecified atom stereocenters. The van der Waals surface area contributed by atoms with Gasteiger partial charge in [0.05, 0.1) is 6.61 Å². The van der Waals surface area contributed by atoms with Crippen LogP contribution in [0.4, 0.5) is 0 Å². The highest BCUT2D eigenvalue weighted by Gasteiger charge is 2.25. The standard InChI is InChI=1S/C15H34N2O/c1-6-9-15(4,13-16-10-7-2)14-17(8-3)11-12-18-5/h16H,6-14H2,1-5H3. The molecule has 0 amide bonds. The van der Waals surface area contributed by atoms with Crippen LogP contribution >= 0.6 is 0 Å². The molecule has 0 saturated carbocycles. The molecule has 1 N–H and O–H groups in total. The Kier molecular flexibility index (Phi) is 10.7. The summed E-state index contributed by atoms with van der Waals surface area (Å²) in [4.78, 5) is 2.51. The molecule has 0 spiro atoms. The molecule has 0 aliphatic rings. The number of methoxy groups -OCH3 is 1. The monoisotopic (exact) mass is 258 g/mol. The van der Waals surface area contributed by atoms with E-state index in [1.807, 2.05) is 0 Å². The van der Waals surface area contributed by atoms with Gasteiger partial charge in [0.25, 0.3) is 0 Å². The summed E-state index contributed by atoms with van der Waals surface area (Å²) in [5.41, 5.74) is 0.383. The van der Waals surface area contributed by atoms with Crippen LogP contribution in [0, 0.1) is 5.41 Å². The second-order valence-corrected chi connectivity index (χ2v) is 5.60. The van der Waals surface area contributed by atoms with Crippen LogP contribution in [0.25, 0.3) is 0 Å². The van der Waals surface area contributed by atoms with Crippen molar-refractivity contribution in [2.75, 3.05) is 46.4 Å². The molecule has 0 aliphatic carbocycles. The van der Waals surface area contributed by atoms with E-state index in [1.54, 1.807) is 7.11 Å². The van der Waals surface area contributed by atoms with Crippen LogP contribution in [0.2, 0.25) is 0 Å². The van der Waals surface area contributed by atoms with E-state index in [9.17, 15) is 0 Å². The van der Waals surface area contributed by atoms with Gasteiger partial charge in [-0.05, 0) is 31.3 Å². The van der Waals surface area contributed by atoms with Crippen molar-refractivity contribution in [3.8, 4) is 0 Å². The maximum absolute atomic E-state index is 5.19. The van der Waals surface area contributed by atoms with Crippen LogP contribution in [0.3, 0.4) is 0 Å². The summed E-state index contributed by atoms with van der Waals surface area (Å²) in [6.45, 7) is 15.6. The molecule has 110 valence electrons. The Morgan fingerprint density at radius 1 is 1.17 bits per heavy atom. The molecule has 18 heavy (non-hydrogen) atoms. The molecule has 1 atom stereocenters. The van der Waals surface area contributed by atoms with Gasteiger partial charge in [-0.15, -0.1) is 0 Å². The summed E-state index contributed by atoms with van der Waals surface area (Å²) in [7, 11) is 1.78. The molecule has 0 radical (unpaired) electrons. The highest BCUT2D eigenvalue weighted by atomic mass is 16.5. The fourth-order valence-electron chi connectivity index (χ4n) is 2.50. The summed E-state index contributed by atoms with van der Waals surface area (Å²) in [5, 5.41) is 3.59. The smallest absolute Gasteiger partial charge is 0.0589 e. The second kappa shape index (κ2) is 10.8. The molecule has 0 bridgehead atoms. The lowest BCUT2D eigenvalue weighted by Gasteiger charge is -2.35. The van der Waals surface area contributed by atoms with E-state index in [-0.39, 0.29) is 0 Å². The number of ether oxygens (including phenoxy) is 1. The second-order valence-electron chi connectivity index (χ2n) is 5.60. The Balaban J connectivity index is 4.26. The SMILES string of the molecule is CCCNCC(C)(CCC)CN(CC)CCOC. The van der Waals surface area contributed by atoms with E-state index in [2.05, 4.69) is 37.9 Å². The maximum atomic E-state index is 5.19. The zero-order valence-corrected chi connectivity index (χ0v) is 13.2. The van der Waals surface area contributed by atoms with Crippen molar-refractivity contribution in [1.29, 1.82) is 0 Å². The van der Waals surface area contributed by atoms with Crippen LogP contribution in [0.5, 0.6) is 0 Å². The van der Waals surface area contributed by atoms with Crippen molar-refractivity contribution in [3.05, 3.63) is 0 Å². The highest BCUT2D eigenvalue weighted by molar-refractivity contribution is 4.80. The van der Waals surface area contributed by atoms with Gasteiger partial charge in [-0.3, -0.25) is 0 Å². The van der Waals surface area contributed by atoms with Gasteiger partial charge in [-0.1, -0.05) is 34.1 Å². The molecule has 0 aromatic heterocycles. The van der Waals surface area contributed by atoms with Gasteiger partial charge in [0, 0.05) is 26.7 Å². The van der Waals surface area contributed by atoms with Crippen molar-refractivity contribution >= 4 is 0 Å². The lowest BCUT2D eigenvalue weighted by Crippen LogP contribution is -2.43. The topological polar surface area (TPSA) is 24.5 Å².